The molecule has 26 heavy (non-hydrogen) atoms. The summed E-state index contributed by atoms with van der Waals surface area (Å²) in [5.74, 6) is -0.107. The first-order chi connectivity index (χ1) is 12.6. The molecule has 2 aromatic rings. The molecule has 136 valence electrons. The zero-order chi connectivity index (χ0) is 18.4. The molecule has 2 N–H and O–H groups in total. The number of hydrogen-bond donors (Lipinski definition) is 2. The minimum atomic E-state index is -0.418. The second kappa shape index (κ2) is 8.72. The van der Waals surface area contributed by atoms with Gasteiger partial charge in [-0.2, -0.15) is 0 Å². The van der Waals surface area contributed by atoms with Crippen molar-refractivity contribution in [3.63, 3.8) is 0 Å². The van der Waals surface area contributed by atoms with Crippen LogP contribution in [0.25, 0.3) is 0 Å². The van der Waals surface area contributed by atoms with Crippen LogP contribution in [0.15, 0.2) is 54.6 Å². The highest BCUT2D eigenvalue weighted by molar-refractivity contribution is 6.30. The quantitative estimate of drug-likeness (QED) is 0.846. The van der Waals surface area contributed by atoms with Crippen LogP contribution in [-0.4, -0.2) is 29.4 Å². The van der Waals surface area contributed by atoms with Gasteiger partial charge in [0.2, 0.25) is 5.91 Å². The van der Waals surface area contributed by atoms with Crippen molar-refractivity contribution in [3.8, 4) is 0 Å². The highest BCUT2D eigenvalue weighted by Gasteiger charge is 2.33. The standard InChI is InChI=1S/C20H22ClN3O2/c21-17-9-4-8-16(12-17)14-23-20(26)24-11-5-10-18(24)19(25)22-13-15-6-2-1-3-7-15/h1-4,6-9,12,18H,5,10-11,13-14H2,(H,22,25)(H,23,26)/t18-/m0/s1. The second-order valence-electron chi connectivity index (χ2n) is 6.34. The smallest absolute Gasteiger partial charge is 0.318 e. The summed E-state index contributed by atoms with van der Waals surface area (Å²) in [6.07, 6.45) is 1.51. The molecule has 5 nitrogen and oxygen atoms in total. The molecule has 0 bridgehead atoms. The Morgan fingerprint density at radius 2 is 1.73 bits per heavy atom. The minimum Gasteiger partial charge on any atom is -0.350 e. The molecule has 1 heterocycles. The second-order valence-corrected chi connectivity index (χ2v) is 6.78. The SMILES string of the molecule is O=C(NCc1ccccc1)[C@@H]1CCCN1C(=O)NCc1cccc(Cl)c1. The Balaban J connectivity index is 1.53. The fourth-order valence-corrected chi connectivity index (χ4v) is 3.32. The number of urea groups is 1. The molecule has 2 aromatic carbocycles. The fraction of sp³-hybridized carbons (Fsp3) is 0.300. The van der Waals surface area contributed by atoms with Gasteiger partial charge >= 0.3 is 6.03 Å². The minimum absolute atomic E-state index is 0.107. The van der Waals surface area contributed by atoms with Crippen LogP contribution < -0.4 is 10.6 Å². The van der Waals surface area contributed by atoms with E-state index in [0.717, 1.165) is 17.5 Å². The van der Waals surface area contributed by atoms with E-state index >= 15 is 0 Å². The number of carbonyl (C=O) groups is 2. The van der Waals surface area contributed by atoms with E-state index in [1.54, 1.807) is 11.0 Å². The van der Waals surface area contributed by atoms with Gasteiger partial charge in [0, 0.05) is 24.7 Å². The van der Waals surface area contributed by atoms with Crippen molar-refractivity contribution >= 4 is 23.5 Å². The van der Waals surface area contributed by atoms with Crippen LogP contribution in [0, 0.1) is 0 Å². The molecule has 3 amide bonds. The average Bonchev–Trinajstić information content (AvgIpc) is 3.15. The Morgan fingerprint density at radius 3 is 2.50 bits per heavy atom. The van der Waals surface area contributed by atoms with Gasteiger partial charge in [0.05, 0.1) is 0 Å². The monoisotopic (exact) mass is 371 g/mol. The lowest BCUT2D eigenvalue weighted by molar-refractivity contribution is -0.124. The topological polar surface area (TPSA) is 61.4 Å². The number of rotatable bonds is 5. The van der Waals surface area contributed by atoms with Crippen LogP contribution in [-0.2, 0) is 17.9 Å². The summed E-state index contributed by atoms with van der Waals surface area (Å²) < 4.78 is 0. The van der Waals surface area contributed by atoms with Crippen LogP contribution in [0.2, 0.25) is 5.02 Å². The molecular formula is C20H22ClN3O2. The highest BCUT2D eigenvalue weighted by Crippen LogP contribution is 2.18. The predicted molar refractivity (Wildman–Crippen MR) is 102 cm³/mol. The third kappa shape index (κ3) is 4.76. The summed E-state index contributed by atoms with van der Waals surface area (Å²) in [6.45, 7) is 1.44. The summed E-state index contributed by atoms with van der Waals surface area (Å²) in [7, 11) is 0. The molecule has 0 radical (unpaired) electrons. The van der Waals surface area contributed by atoms with Crippen molar-refractivity contribution < 1.29 is 9.59 Å². The van der Waals surface area contributed by atoms with E-state index in [1.165, 1.54) is 0 Å². The maximum atomic E-state index is 12.5. The van der Waals surface area contributed by atoms with E-state index in [4.69, 9.17) is 11.6 Å². The first-order valence-corrected chi connectivity index (χ1v) is 9.12. The van der Waals surface area contributed by atoms with Crippen LogP contribution in [0.4, 0.5) is 4.79 Å². The third-order valence-electron chi connectivity index (χ3n) is 4.46. The van der Waals surface area contributed by atoms with Gasteiger partial charge in [-0.05, 0) is 36.1 Å². The average molecular weight is 372 g/mol. The maximum Gasteiger partial charge on any atom is 0.318 e. The summed E-state index contributed by atoms with van der Waals surface area (Å²) in [5, 5.41) is 6.44. The summed E-state index contributed by atoms with van der Waals surface area (Å²) in [6, 6.07) is 16.5. The Bertz CT molecular complexity index is 767. The molecule has 0 unspecified atom stereocenters. The number of carbonyl (C=O) groups excluding carboxylic acids is 2. The van der Waals surface area contributed by atoms with E-state index in [9.17, 15) is 9.59 Å². The van der Waals surface area contributed by atoms with Gasteiger partial charge in [-0.1, -0.05) is 54.1 Å². The Morgan fingerprint density at radius 1 is 1.00 bits per heavy atom. The van der Waals surface area contributed by atoms with E-state index in [0.29, 0.717) is 31.1 Å². The van der Waals surface area contributed by atoms with Crippen molar-refractivity contribution in [3.05, 3.63) is 70.7 Å². The van der Waals surface area contributed by atoms with Crippen molar-refractivity contribution in [2.75, 3.05) is 6.54 Å². The molecule has 1 aliphatic rings. The van der Waals surface area contributed by atoms with Crippen molar-refractivity contribution in [2.24, 2.45) is 0 Å². The van der Waals surface area contributed by atoms with Gasteiger partial charge in [0.1, 0.15) is 6.04 Å². The van der Waals surface area contributed by atoms with Gasteiger partial charge in [-0.3, -0.25) is 4.79 Å². The van der Waals surface area contributed by atoms with Crippen molar-refractivity contribution in [2.45, 2.75) is 32.0 Å². The van der Waals surface area contributed by atoms with E-state index in [2.05, 4.69) is 10.6 Å². The molecule has 0 aliphatic carbocycles. The Labute approximate surface area is 158 Å². The number of nitrogens with one attached hydrogen (secondary N) is 2. The lowest BCUT2D eigenvalue weighted by atomic mass is 10.2. The van der Waals surface area contributed by atoms with Crippen LogP contribution in [0.3, 0.4) is 0 Å². The lowest BCUT2D eigenvalue weighted by Crippen LogP contribution is -2.49. The van der Waals surface area contributed by atoms with Gasteiger partial charge in [0.15, 0.2) is 0 Å². The lowest BCUT2D eigenvalue weighted by Gasteiger charge is -2.24. The molecule has 0 aromatic heterocycles. The number of amides is 3. The first kappa shape index (κ1) is 18.3. The van der Waals surface area contributed by atoms with E-state index in [1.807, 2.05) is 48.5 Å². The van der Waals surface area contributed by atoms with Gasteiger partial charge in [-0.15, -0.1) is 0 Å². The molecule has 1 aliphatic heterocycles. The Hall–Kier alpha value is -2.53. The number of nitrogens with zero attached hydrogens (tertiary/aromatic N) is 1. The molecule has 0 saturated carbocycles. The number of benzene rings is 2. The number of likely N-dealkylation sites (tertiary alicyclic amines) is 1. The summed E-state index contributed by atoms with van der Waals surface area (Å²) in [4.78, 5) is 26.6. The van der Waals surface area contributed by atoms with E-state index in [-0.39, 0.29) is 11.9 Å². The molecule has 1 fully saturated rings. The number of halogens is 1. The van der Waals surface area contributed by atoms with Crippen molar-refractivity contribution in [1.82, 2.24) is 15.5 Å². The highest BCUT2D eigenvalue weighted by atomic mass is 35.5. The Kier molecular flexibility index (Phi) is 6.12. The van der Waals surface area contributed by atoms with Gasteiger partial charge in [-0.25, -0.2) is 4.79 Å². The van der Waals surface area contributed by atoms with Gasteiger partial charge < -0.3 is 15.5 Å². The molecular weight excluding hydrogens is 350 g/mol. The summed E-state index contributed by atoms with van der Waals surface area (Å²) >= 11 is 5.96. The molecule has 3 rings (SSSR count). The molecule has 0 spiro atoms. The number of hydrogen-bond acceptors (Lipinski definition) is 2. The maximum absolute atomic E-state index is 12.5. The van der Waals surface area contributed by atoms with Crippen LogP contribution in [0.5, 0.6) is 0 Å². The largest absolute Gasteiger partial charge is 0.350 e. The zero-order valence-electron chi connectivity index (χ0n) is 14.5. The third-order valence-corrected chi connectivity index (χ3v) is 4.69. The molecule has 1 saturated heterocycles. The predicted octanol–water partition coefficient (Wildman–Crippen LogP) is 3.33. The molecule has 1 atom stereocenters. The van der Waals surface area contributed by atoms with Crippen LogP contribution in [0.1, 0.15) is 24.0 Å². The van der Waals surface area contributed by atoms with Gasteiger partial charge in [0.25, 0.3) is 0 Å². The fourth-order valence-electron chi connectivity index (χ4n) is 3.11. The zero-order valence-corrected chi connectivity index (χ0v) is 15.2. The normalized spacial score (nSPS) is 16.3. The van der Waals surface area contributed by atoms with Crippen LogP contribution >= 0.6 is 11.6 Å². The molecule has 6 heteroatoms. The summed E-state index contributed by atoms with van der Waals surface area (Å²) in [5.41, 5.74) is 1.96. The van der Waals surface area contributed by atoms with E-state index < -0.39 is 6.04 Å². The van der Waals surface area contributed by atoms with Crippen molar-refractivity contribution in [1.29, 1.82) is 0 Å². The first-order valence-electron chi connectivity index (χ1n) is 8.74.